The lowest BCUT2D eigenvalue weighted by molar-refractivity contribution is -0.858. The van der Waals surface area contributed by atoms with Gasteiger partial charge >= 0.3 is 27.5 Å². The molecule has 3 rings (SSSR count). The molecular weight excluding hydrogens is 1120 g/mol. The summed E-state index contributed by atoms with van der Waals surface area (Å²) in [5, 5.41) is 20.7. The lowest BCUT2D eigenvalue weighted by Gasteiger charge is -2.29. The van der Waals surface area contributed by atoms with Crippen molar-refractivity contribution in [1.29, 1.82) is 0 Å². The van der Waals surface area contributed by atoms with Crippen LogP contribution in [-0.2, 0) is 34.5 Å². The Bertz CT molecular complexity index is 1760. The van der Waals surface area contributed by atoms with Crippen LogP contribution < -0.4 is 10.0 Å². The van der Waals surface area contributed by atoms with Gasteiger partial charge < -0.3 is 24.6 Å². The van der Waals surface area contributed by atoms with E-state index in [1.165, 1.54) is 29.4 Å². The van der Waals surface area contributed by atoms with Gasteiger partial charge in [0.25, 0.3) is 0 Å². The minimum absolute atomic E-state index is 0.0376. The van der Waals surface area contributed by atoms with E-state index in [2.05, 4.69) is 32.1 Å². The zero-order chi connectivity index (χ0) is 45.5. The molecule has 17 heteroatoms. The first-order valence-electron chi connectivity index (χ1n) is 19.0. The fourth-order valence-electron chi connectivity index (χ4n) is 4.46. The van der Waals surface area contributed by atoms with Gasteiger partial charge in [0.2, 0.25) is 0 Å². The number of aromatic hydroxyl groups is 1. The molecule has 1 saturated carbocycles. The normalized spacial score (nSPS) is 14.6. The summed E-state index contributed by atoms with van der Waals surface area (Å²) in [5.74, 6) is -1.22. The molecule has 58 heavy (non-hydrogen) atoms. The highest BCUT2D eigenvalue weighted by molar-refractivity contribution is 14.1. The number of halogens is 6. The summed E-state index contributed by atoms with van der Waals surface area (Å²) < 4.78 is 72.6. The van der Waals surface area contributed by atoms with Gasteiger partial charge in [0, 0.05) is 22.2 Å². The Kier molecular flexibility index (Phi) is 23.6. The van der Waals surface area contributed by atoms with Crippen LogP contribution in [0.15, 0.2) is 40.8 Å². The molecule has 1 aliphatic rings. The number of likely N-dealkylation sites (N-methyl/N-ethyl adjacent to an activating group) is 1. The van der Waals surface area contributed by atoms with Crippen molar-refractivity contribution in [3.05, 3.63) is 58.2 Å². The number of hydrogen-bond acceptors (Lipinski definition) is 8. The molecule has 2 N–H and O–H groups in total. The van der Waals surface area contributed by atoms with Crippen LogP contribution in [0.2, 0.25) is 0 Å². The monoisotopic (exact) mass is 1180 g/mol. The van der Waals surface area contributed by atoms with Crippen molar-refractivity contribution in [2.75, 3.05) is 27.2 Å². The van der Waals surface area contributed by atoms with E-state index >= 15 is 0 Å². The lowest BCUT2D eigenvalue weighted by atomic mass is 9.82. The predicted octanol–water partition coefficient (Wildman–Crippen LogP) is 8.95. The van der Waals surface area contributed by atoms with E-state index in [0.29, 0.717) is 23.1 Å². The smallest absolute Gasteiger partial charge is 0.518 e. The average Bonchev–Trinajstić information content (AvgIpc) is 3.55. The van der Waals surface area contributed by atoms with Crippen LogP contribution in [0.4, 0.5) is 13.2 Å². The summed E-state index contributed by atoms with van der Waals surface area (Å²) in [6.45, 7) is 21.8. The quantitative estimate of drug-likeness (QED) is 0.0705. The number of carbonyl (C=O) groups is 2. The van der Waals surface area contributed by atoms with Gasteiger partial charge in [0.05, 0.1) is 24.9 Å². The Hall–Kier alpha value is -1.46. The van der Waals surface area contributed by atoms with Gasteiger partial charge in [-0.25, -0.2) is 0 Å². The van der Waals surface area contributed by atoms with Gasteiger partial charge in [0.1, 0.15) is 24.5 Å². The average molecular weight is 1180 g/mol. The summed E-state index contributed by atoms with van der Waals surface area (Å²) in [7, 11) is -1.74. The Labute approximate surface area is 385 Å². The number of ether oxygens (including phenoxy) is 2. The number of benzene rings is 2. The third-order valence-corrected chi connectivity index (χ3v) is 14.6. The van der Waals surface area contributed by atoms with Crippen LogP contribution in [-0.4, -0.2) is 69.7 Å². The molecule has 332 valence electrons. The number of phenols is 1. The second-order valence-corrected chi connectivity index (χ2v) is 21.5. The van der Waals surface area contributed by atoms with E-state index in [1.54, 1.807) is 40.8 Å². The number of sulfonamides is 1. The van der Waals surface area contributed by atoms with Gasteiger partial charge in [0.15, 0.2) is 0 Å². The van der Waals surface area contributed by atoms with Crippen LogP contribution in [0.3, 0.4) is 0 Å². The zero-order valence-corrected chi connectivity index (χ0v) is 43.0. The molecule has 0 amide bonds. The molecule has 1 aliphatic carbocycles. The Morgan fingerprint density at radius 2 is 1.36 bits per heavy atom. The molecule has 0 aliphatic heterocycles. The maximum absolute atomic E-state index is 12.1. The van der Waals surface area contributed by atoms with Crippen LogP contribution in [0, 0.1) is 21.5 Å². The Balaban J connectivity index is 0.000000760. The standard InChI is InChI=1S/C12H22O2.C11H16O.C10H21NO2.C8H3F3I3NO3S/c1-5-11(2,3)10(13)14-12(4)8-6-7-9-12;1-4-11(2,3)9-5-7-10(12)8-6-9;1-6-10(2,3)9(12)13-8-7-11(4)5;9-8(10,11)19(17,18)15-7(16)4-1-3(12)2-5(13)6(4)14/h5-9H2,1-4H3;5-8,12H,4H2,1-3H3;6-8H2,1-5H3;1-2H,(H,15,16). The molecular formula is C41H62F3I3N2O8S. The van der Waals surface area contributed by atoms with Crippen molar-refractivity contribution in [3.8, 4) is 5.75 Å². The fraction of sp³-hybridized carbons (Fsp3) is 0.634. The van der Waals surface area contributed by atoms with E-state index in [-0.39, 0.29) is 39.3 Å². The van der Waals surface area contributed by atoms with Gasteiger partial charge in [-0.05, 0) is 183 Å². The SMILES string of the molecule is CCC(C)(C)C(=O)OC1(C)CCCC1.CCC(C)(C)C(=O)OCC[NH+](C)C.CCC(C)(C)c1ccc(O)cc1.O=S(=O)(N=C([O-])c1cc(I)cc(I)c1I)C(F)(F)F. The molecule has 0 saturated heterocycles. The molecule has 0 radical (unpaired) electrons. The molecule has 0 heterocycles. The fourth-order valence-corrected chi connectivity index (χ4v) is 7.26. The highest BCUT2D eigenvalue weighted by atomic mass is 127. The van der Waals surface area contributed by atoms with Crippen LogP contribution >= 0.6 is 67.8 Å². The molecule has 10 nitrogen and oxygen atoms in total. The molecule has 0 aromatic heterocycles. The van der Waals surface area contributed by atoms with Crippen molar-refractivity contribution in [2.24, 2.45) is 15.2 Å². The second-order valence-electron chi connectivity index (χ2n) is 16.5. The first-order chi connectivity index (χ1) is 26.3. The largest absolute Gasteiger partial charge is 0.858 e. The summed E-state index contributed by atoms with van der Waals surface area (Å²) in [5.41, 5.74) is -5.10. The Morgan fingerprint density at radius 3 is 1.79 bits per heavy atom. The van der Waals surface area contributed by atoms with Crippen LogP contribution in [0.5, 0.6) is 5.75 Å². The van der Waals surface area contributed by atoms with Crippen LogP contribution in [0.25, 0.3) is 0 Å². The van der Waals surface area contributed by atoms with Crippen molar-refractivity contribution in [3.63, 3.8) is 0 Å². The van der Waals surface area contributed by atoms with Gasteiger partial charge in [-0.3, -0.25) is 9.59 Å². The number of carbonyl (C=O) groups excluding carboxylic acids is 2. The van der Waals surface area contributed by atoms with Crippen molar-refractivity contribution >= 4 is 95.6 Å². The summed E-state index contributed by atoms with van der Waals surface area (Å²) in [6.07, 6.45) is 7.20. The number of alkyl halides is 3. The van der Waals surface area contributed by atoms with Crippen LogP contribution in [0.1, 0.15) is 125 Å². The minimum Gasteiger partial charge on any atom is -0.858 e. The number of nitrogens with zero attached hydrogens (tertiary/aromatic N) is 1. The van der Waals surface area contributed by atoms with Gasteiger partial charge in [-0.2, -0.15) is 26.0 Å². The molecule has 0 bridgehead atoms. The summed E-state index contributed by atoms with van der Waals surface area (Å²) in [4.78, 5) is 24.6. The molecule has 2 aromatic carbocycles. The van der Waals surface area contributed by atoms with Crippen molar-refractivity contribution < 1.29 is 55.8 Å². The molecule has 1 fully saturated rings. The second kappa shape index (κ2) is 24.2. The third-order valence-electron chi connectivity index (χ3n) is 9.96. The highest BCUT2D eigenvalue weighted by Gasteiger charge is 2.46. The minimum atomic E-state index is -5.82. The maximum Gasteiger partial charge on any atom is 0.518 e. The van der Waals surface area contributed by atoms with E-state index in [1.807, 2.05) is 113 Å². The first-order valence-corrected chi connectivity index (χ1v) is 23.7. The summed E-state index contributed by atoms with van der Waals surface area (Å²) in [6, 6.07) is 10.4. The molecule has 2 aromatic rings. The maximum atomic E-state index is 12.1. The van der Waals surface area contributed by atoms with Crippen molar-refractivity contribution in [2.45, 2.75) is 131 Å². The van der Waals surface area contributed by atoms with E-state index < -0.39 is 21.4 Å². The number of hydrogen-bond donors (Lipinski definition) is 2. The van der Waals surface area contributed by atoms with Crippen molar-refractivity contribution in [1.82, 2.24) is 0 Å². The highest BCUT2D eigenvalue weighted by Crippen LogP contribution is 2.35. The number of phenolic OH excluding ortho intramolecular Hbond substituents is 1. The third kappa shape index (κ3) is 19.5. The van der Waals surface area contributed by atoms with Gasteiger partial charge in [-0.1, -0.05) is 46.8 Å². The topological polar surface area (TPSA) is 147 Å². The summed E-state index contributed by atoms with van der Waals surface area (Å²) >= 11 is 5.49. The van der Waals surface area contributed by atoms with E-state index in [4.69, 9.17) is 14.6 Å². The molecule has 0 spiro atoms. The number of quaternary nitrogens is 1. The van der Waals surface area contributed by atoms with E-state index in [9.17, 15) is 36.3 Å². The zero-order valence-electron chi connectivity index (χ0n) is 35.8. The first kappa shape index (κ1) is 56.5. The van der Waals surface area contributed by atoms with Gasteiger partial charge in [-0.15, -0.1) is 0 Å². The number of nitrogens with one attached hydrogen (secondary N) is 1. The Morgan fingerprint density at radius 1 is 0.879 bits per heavy atom. The van der Waals surface area contributed by atoms with E-state index in [0.717, 1.165) is 38.6 Å². The lowest BCUT2D eigenvalue weighted by Crippen LogP contribution is -3.06. The molecule has 0 unspecified atom stereocenters. The molecule has 0 atom stereocenters. The number of esters is 2. The number of rotatable bonds is 12. The predicted molar refractivity (Wildman–Crippen MR) is 247 cm³/mol.